The van der Waals surface area contributed by atoms with Crippen LogP contribution in [-0.2, 0) is 0 Å². The van der Waals surface area contributed by atoms with Crippen molar-refractivity contribution in [3.8, 4) is 5.69 Å². The van der Waals surface area contributed by atoms with Gasteiger partial charge in [0.1, 0.15) is 0 Å². The number of benzene rings is 1. The average molecular weight is 247 g/mol. The number of aromatic nitrogens is 4. The van der Waals surface area contributed by atoms with Gasteiger partial charge in [-0.25, -0.2) is 0 Å². The third-order valence-corrected chi connectivity index (χ3v) is 2.44. The van der Waals surface area contributed by atoms with E-state index in [9.17, 15) is 0 Å². The Hall–Kier alpha value is -1.94. The summed E-state index contributed by atoms with van der Waals surface area (Å²) in [6, 6.07) is 7.24. The molecule has 0 bridgehead atoms. The summed E-state index contributed by atoms with van der Waals surface area (Å²) in [6.45, 7) is 5.53. The fourth-order valence-corrected chi connectivity index (χ4v) is 1.43. The summed E-state index contributed by atoms with van der Waals surface area (Å²) in [5.74, 6) is 0.583. The van der Waals surface area contributed by atoms with Crippen molar-refractivity contribution in [1.82, 2.24) is 20.2 Å². The summed E-state index contributed by atoms with van der Waals surface area (Å²) in [7, 11) is 0. The minimum atomic E-state index is 0.583. The topological polar surface area (TPSA) is 43.6 Å². The molecule has 0 aliphatic rings. The third kappa shape index (κ3) is 2.60. The Balaban J connectivity index is 2.32. The van der Waals surface area contributed by atoms with Crippen molar-refractivity contribution in [3.05, 3.63) is 53.8 Å². The lowest BCUT2D eigenvalue weighted by molar-refractivity contribution is 0.719. The van der Waals surface area contributed by atoms with E-state index in [2.05, 4.69) is 22.0 Å². The molecule has 2 aromatic rings. The Morgan fingerprint density at radius 2 is 2.06 bits per heavy atom. The van der Waals surface area contributed by atoms with Gasteiger partial charge in [-0.05, 0) is 42.0 Å². The zero-order valence-corrected chi connectivity index (χ0v) is 10.1. The van der Waals surface area contributed by atoms with Gasteiger partial charge in [-0.15, -0.1) is 15.0 Å². The zero-order valence-electron chi connectivity index (χ0n) is 9.34. The van der Waals surface area contributed by atoms with Crippen LogP contribution in [-0.4, -0.2) is 20.2 Å². The van der Waals surface area contributed by atoms with Gasteiger partial charge in [0.15, 0.2) is 0 Å². The van der Waals surface area contributed by atoms with E-state index in [-0.39, 0.29) is 0 Å². The minimum absolute atomic E-state index is 0.583. The maximum Gasteiger partial charge on any atom is 0.201 e. The molecule has 5 heteroatoms. The summed E-state index contributed by atoms with van der Waals surface area (Å²) >= 11 is 5.81. The molecule has 4 nitrogen and oxygen atoms in total. The van der Waals surface area contributed by atoms with Gasteiger partial charge >= 0.3 is 0 Å². The van der Waals surface area contributed by atoms with E-state index in [0.29, 0.717) is 10.8 Å². The van der Waals surface area contributed by atoms with E-state index < -0.39 is 0 Å². The van der Waals surface area contributed by atoms with Crippen molar-refractivity contribution in [2.75, 3.05) is 0 Å². The Morgan fingerprint density at radius 3 is 2.71 bits per heavy atom. The Labute approximate surface area is 104 Å². The van der Waals surface area contributed by atoms with Gasteiger partial charge in [0.25, 0.3) is 0 Å². The number of hydrogen-bond donors (Lipinski definition) is 0. The standard InChI is InChI=1S/C12H11ClN4/c1-3-4-9(2)12-14-16-17(15-12)11-7-5-10(13)6-8-11/h3-8H,1H2,2H3/b9-4-. The lowest BCUT2D eigenvalue weighted by Gasteiger charge is -1.97. The van der Waals surface area contributed by atoms with Crippen LogP contribution >= 0.6 is 11.6 Å². The summed E-state index contributed by atoms with van der Waals surface area (Å²) in [6.07, 6.45) is 3.53. The number of nitrogens with zero attached hydrogens (tertiary/aromatic N) is 4. The maximum atomic E-state index is 5.81. The van der Waals surface area contributed by atoms with Crippen LogP contribution in [0.25, 0.3) is 11.3 Å². The quantitative estimate of drug-likeness (QED) is 0.782. The number of hydrogen-bond acceptors (Lipinski definition) is 3. The van der Waals surface area contributed by atoms with Crippen molar-refractivity contribution < 1.29 is 0 Å². The van der Waals surface area contributed by atoms with Gasteiger partial charge in [0.2, 0.25) is 5.82 Å². The molecule has 0 aliphatic heterocycles. The first-order valence-electron chi connectivity index (χ1n) is 5.06. The molecule has 0 amide bonds. The van der Waals surface area contributed by atoms with Gasteiger partial charge in [-0.1, -0.05) is 30.3 Å². The van der Waals surface area contributed by atoms with Gasteiger partial charge in [0.05, 0.1) is 5.69 Å². The van der Waals surface area contributed by atoms with Crippen LogP contribution < -0.4 is 0 Å². The summed E-state index contributed by atoms with van der Waals surface area (Å²) in [5.41, 5.74) is 1.74. The van der Waals surface area contributed by atoms with Gasteiger partial charge in [-0.3, -0.25) is 0 Å². The second-order valence-electron chi connectivity index (χ2n) is 3.46. The SMILES string of the molecule is C=C/C=C(/C)c1nnn(-c2ccc(Cl)cc2)n1. The average Bonchev–Trinajstić information content (AvgIpc) is 2.80. The van der Waals surface area contributed by atoms with E-state index in [1.54, 1.807) is 18.2 Å². The highest BCUT2D eigenvalue weighted by Crippen LogP contribution is 2.13. The number of halogens is 1. The summed E-state index contributed by atoms with van der Waals surface area (Å²) < 4.78 is 0. The van der Waals surface area contributed by atoms with Crippen molar-refractivity contribution >= 4 is 17.2 Å². The van der Waals surface area contributed by atoms with Crippen LogP contribution in [0.15, 0.2) is 43.0 Å². The van der Waals surface area contributed by atoms with Gasteiger partial charge in [0, 0.05) is 5.02 Å². The Morgan fingerprint density at radius 1 is 1.35 bits per heavy atom. The fourth-order valence-electron chi connectivity index (χ4n) is 1.31. The largest absolute Gasteiger partial charge is 0.201 e. The van der Waals surface area contributed by atoms with Crippen LogP contribution in [0, 0.1) is 0 Å². The molecule has 0 spiro atoms. The maximum absolute atomic E-state index is 5.81. The van der Waals surface area contributed by atoms with E-state index in [0.717, 1.165) is 11.3 Å². The molecule has 1 aromatic heterocycles. The third-order valence-electron chi connectivity index (χ3n) is 2.19. The molecule has 0 N–H and O–H groups in total. The van der Waals surface area contributed by atoms with Crippen LogP contribution in [0.3, 0.4) is 0 Å². The normalized spacial score (nSPS) is 11.5. The highest BCUT2D eigenvalue weighted by atomic mass is 35.5. The van der Waals surface area contributed by atoms with E-state index in [1.165, 1.54) is 4.80 Å². The molecule has 1 heterocycles. The first-order valence-corrected chi connectivity index (χ1v) is 5.44. The first kappa shape index (κ1) is 11.5. The zero-order chi connectivity index (χ0) is 12.3. The number of tetrazole rings is 1. The molecule has 2 rings (SSSR count). The van der Waals surface area contributed by atoms with Crippen molar-refractivity contribution in [2.24, 2.45) is 0 Å². The van der Waals surface area contributed by atoms with E-state index >= 15 is 0 Å². The highest BCUT2D eigenvalue weighted by Gasteiger charge is 2.05. The van der Waals surface area contributed by atoms with Gasteiger partial charge < -0.3 is 0 Å². The molecule has 0 aliphatic carbocycles. The number of allylic oxidation sites excluding steroid dienone is 3. The molecule has 0 radical (unpaired) electrons. The van der Waals surface area contributed by atoms with Crippen molar-refractivity contribution in [2.45, 2.75) is 6.92 Å². The number of rotatable bonds is 3. The van der Waals surface area contributed by atoms with Crippen LogP contribution in [0.1, 0.15) is 12.7 Å². The molecule has 17 heavy (non-hydrogen) atoms. The smallest absolute Gasteiger partial charge is 0.131 e. The molecule has 0 unspecified atom stereocenters. The van der Waals surface area contributed by atoms with E-state index in [1.807, 2.05) is 25.1 Å². The molecule has 0 saturated heterocycles. The fraction of sp³-hybridized carbons (Fsp3) is 0.0833. The molecule has 1 aromatic carbocycles. The first-order chi connectivity index (χ1) is 8.20. The van der Waals surface area contributed by atoms with Gasteiger partial charge in [-0.2, -0.15) is 0 Å². The van der Waals surface area contributed by atoms with Crippen LogP contribution in [0.5, 0.6) is 0 Å². The molecule has 0 saturated carbocycles. The Kier molecular flexibility index (Phi) is 3.35. The molecule has 86 valence electrons. The lowest BCUT2D eigenvalue weighted by atomic mass is 10.3. The molecule has 0 atom stereocenters. The Bertz CT molecular complexity index is 554. The molecule has 0 fully saturated rings. The predicted molar refractivity (Wildman–Crippen MR) is 68.0 cm³/mol. The van der Waals surface area contributed by atoms with Crippen molar-refractivity contribution in [3.63, 3.8) is 0 Å². The van der Waals surface area contributed by atoms with Crippen molar-refractivity contribution in [1.29, 1.82) is 0 Å². The monoisotopic (exact) mass is 246 g/mol. The second kappa shape index (κ2) is 4.93. The molecular formula is C12H11ClN4. The summed E-state index contributed by atoms with van der Waals surface area (Å²) in [4.78, 5) is 1.46. The van der Waals surface area contributed by atoms with Crippen LogP contribution in [0.4, 0.5) is 0 Å². The predicted octanol–water partition coefficient (Wildman–Crippen LogP) is 2.91. The molecular weight excluding hydrogens is 236 g/mol. The summed E-state index contributed by atoms with van der Waals surface area (Å²) in [5, 5.41) is 12.9. The van der Waals surface area contributed by atoms with Crippen LogP contribution in [0.2, 0.25) is 5.02 Å². The second-order valence-corrected chi connectivity index (χ2v) is 3.90. The minimum Gasteiger partial charge on any atom is -0.131 e. The van der Waals surface area contributed by atoms with E-state index in [4.69, 9.17) is 11.6 Å². The highest BCUT2D eigenvalue weighted by molar-refractivity contribution is 6.30. The lowest BCUT2D eigenvalue weighted by Crippen LogP contribution is -1.98.